The number of pyridine rings is 1. The van der Waals surface area contributed by atoms with Crippen LogP contribution in [0.1, 0.15) is 76.1 Å². The molecular formula is C31H38N2O5S. The van der Waals surface area contributed by atoms with E-state index in [-0.39, 0.29) is 17.7 Å². The predicted octanol–water partition coefficient (Wildman–Crippen LogP) is 6.29. The van der Waals surface area contributed by atoms with Gasteiger partial charge in [-0.1, -0.05) is 50.2 Å². The number of aromatic nitrogens is 1. The summed E-state index contributed by atoms with van der Waals surface area (Å²) in [7, 11) is -2.25. The van der Waals surface area contributed by atoms with E-state index in [9.17, 15) is 13.2 Å². The third-order valence-electron chi connectivity index (χ3n) is 6.90. The normalized spacial score (nSPS) is 15.7. The molecule has 0 saturated heterocycles. The van der Waals surface area contributed by atoms with Gasteiger partial charge in [0, 0.05) is 18.8 Å². The molecule has 1 heterocycles. The molecule has 8 heteroatoms. The molecule has 0 N–H and O–H groups in total. The third kappa shape index (κ3) is 6.68. The first-order chi connectivity index (χ1) is 18.4. The quantitative estimate of drug-likeness (QED) is 0.307. The Bertz CT molecular complexity index is 1430. The van der Waals surface area contributed by atoms with Crippen molar-refractivity contribution < 1.29 is 22.7 Å². The largest absolute Gasteiger partial charge is 0.482 e. The van der Waals surface area contributed by atoms with Crippen LogP contribution in [0.5, 0.6) is 5.75 Å². The van der Waals surface area contributed by atoms with E-state index >= 15 is 0 Å². The van der Waals surface area contributed by atoms with Gasteiger partial charge in [-0.05, 0) is 86.4 Å². The van der Waals surface area contributed by atoms with Gasteiger partial charge in [0.05, 0.1) is 6.04 Å². The highest BCUT2D eigenvalue weighted by molar-refractivity contribution is 7.89. The number of carbonyl (C=O) groups excluding carboxylic acids is 1. The van der Waals surface area contributed by atoms with Crippen molar-refractivity contribution in [2.24, 2.45) is 0 Å². The van der Waals surface area contributed by atoms with Crippen LogP contribution in [-0.4, -0.2) is 42.9 Å². The molecule has 1 atom stereocenters. The summed E-state index contributed by atoms with van der Waals surface area (Å²) >= 11 is 0. The van der Waals surface area contributed by atoms with E-state index < -0.39 is 21.6 Å². The SMILES string of the molecule is CC(C)c1cccc(-c2ccc(S(=O)(=O)N(C)[C@@H]3CCCc4c(OCC(=O)OC(C)(C)C)cccc43)nc2)c1. The highest BCUT2D eigenvalue weighted by Crippen LogP contribution is 2.40. The Hall–Kier alpha value is -3.23. The molecule has 0 aliphatic heterocycles. The zero-order valence-electron chi connectivity index (χ0n) is 23.6. The number of rotatable bonds is 8. The smallest absolute Gasteiger partial charge is 0.344 e. The molecule has 208 valence electrons. The van der Waals surface area contributed by atoms with Crippen LogP contribution < -0.4 is 4.74 Å². The molecular weight excluding hydrogens is 512 g/mol. The summed E-state index contributed by atoms with van der Waals surface area (Å²) in [6.45, 7) is 9.50. The number of hydrogen-bond acceptors (Lipinski definition) is 6. The third-order valence-corrected chi connectivity index (χ3v) is 8.69. The van der Waals surface area contributed by atoms with Crippen LogP contribution in [0.15, 0.2) is 65.8 Å². The summed E-state index contributed by atoms with van der Waals surface area (Å²) in [5, 5.41) is 0.0122. The zero-order valence-corrected chi connectivity index (χ0v) is 24.4. The topological polar surface area (TPSA) is 85.8 Å². The minimum atomic E-state index is -3.85. The van der Waals surface area contributed by atoms with E-state index in [1.165, 1.54) is 9.87 Å². The lowest BCUT2D eigenvalue weighted by Crippen LogP contribution is -2.34. The monoisotopic (exact) mass is 550 g/mol. The summed E-state index contributed by atoms with van der Waals surface area (Å²) < 4.78 is 39.9. The van der Waals surface area contributed by atoms with Gasteiger partial charge >= 0.3 is 5.97 Å². The summed E-state index contributed by atoms with van der Waals surface area (Å²) in [6, 6.07) is 16.8. The first kappa shape index (κ1) is 28.8. The Morgan fingerprint density at radius 1 is 1.08 bits per heavy atom. The van der Waals surface area contributed by atoms with E-state index in [0.717, 1.165) is 35.1 Å². The Labute approximate surface area is 232 Å². The molecule has 0 amide bonds. The molecule has 0 saturated carbocycles. The number of ether oxygens (including phenoxy) is 2. The van der Waals surface area contributed by atoms with E-state index in [2.05, 4.69) is 31.0 Å². The fourth-order valence-corrected chi connectivity index (χ4v) is 6.18. The van der Waals surface area contributed by atoms with Crippen LogP contribution in [0.2, 0.25) is 0 Å². The Balaban J connectivity index is 1.54. The van der Waals surface area contributed by atoms with Crippen molar-refractivity contribution in [3.63, 3.8) is 0 Å². The van der Waals surface area contributed by atoms with Crippen LogP contribution in [0, 0.1) is 0 Å². The Kier molecular flexibility index (Phi) is 8.47. The maximum absolute atomic E-state index is 13.6. The lowest BCUT2D eigenvalue weighted by atomic mass is 9.87. The number of nitrogens with zero attached hydrogens (tertiary/aromatic N) is 2. The molecule has 1 aliphatic rings. The van der Waals surface area contributed by atoms with Crippen molar-refractivity contribution in [3.8, 4) is 16.9 Å². The van der Waals surface area contributed by atoms with Gasteiger partial charge in [0.15, 0.2) is 11.6 Å². The first-order valence-electron chi connectivity index (χ1n) is 13.4. The number of benzene rings is 2. The second kappa shape index (κ2) is 11.5. The summed E-state index contributed by atoms with van der Waals surface area (Å²) in [5.41, 5.74) is 4.31. The number of hydrogen-bond donors (Lipinski definition) is 0. The molecule has 0 radical (unpaired) electrons. The Morgan fingerprint density at radius 3 is 2.49 bits per heavy atom. The fourth-order valence-electron chi connectivity index (χ4n) is 4.91. The van der Waals surface area contributed by atoms with Crippen molar-refractivity contribution in [2.45, 2.75) is 76.5 Å². The van der Waals surface area contributed by atoms with Crippen molar-refractivity contribution in [3.05, 3.63) is 77.5 Å². The molecule has 1 aliphatic carbocycles. The van der Waals surface area contributed by atoms with Gasteiger partial charge in [0.2, 0.25) is 0 Å². The standard InChI is InChI=1S/C31H38N2O5S/c1-21(2)22-10-7-11-23(18-22)24-16-17-29(32-19-24)39(35,36)33(6)27-14-8-13-26-25(27)12-9-15-28(26)37-20-30(34)38-31(3,4)5/h7,9-12,15-19,21,27H,8,13-14,20H2,1-6H3/t27-/m1/s1. The summed E-state index contributed by atoms with van der Waals surface area (Å²) in [6.07, 6.45) is 3.84. The maximum Gasteiger partial charge on any atom is 0.344 e. The van der Waals surface area contributed by atoms with Gasteiger partial charge in [-0.3, -0.25) is 0 Å². The number of sulfonamides is 1. The van der Waals surface area contributed by atoms with Crippen molar-refractivity contribution >= 4 is 16.0 Å². The average molecular weight is 551 g/mol. The molecule has 3 aromatic rings. The molecule has 0 fully saturated rings. The predicted molar refractivity (Wildman–Crippen MR) is 152 cm³/mol. The molecule has 39 heavy (non-hydrogen) atoms. The maximum atomic E-state index is 13.6. The minimum Gasteiger partial charge on any atom is -0.482 e. The molecule has 0 unspecified atom stereocenters. The number of carbonyl (C=O) groups is 1. The molecule has 7 nitrogen and oxygen atoms in total. The van der Waals surface area contributed by atoms with Crippen LogP contribution in [0.3, 0.4) is 0 Å². The van der Waals surface area contributed by atoms with E-state index in [0.29, 0.717) is 18.1 Å². The van der Waals surface area contributed by atoms with Crippen LogP contribution in [0.4, 0.5) is 0 Å². The number of esters is 1. The molecule has 0 spiro atoms. The molecule has 0 bridgehead atoms. The van der Waals surface area contributed by atoms with Crippen molar-refractivity contribution in [2.75, 3.05) is 13.7 Å². The van der Waals surface area contributed by atoms with Crippen LogP contribution in [0.25, 0.3) is 11.1 Å². The number of fused-ring (bicyclic) bond motifs is 1. The molecule has 4 rings (SSSR count). The average Bonchev–Trinajstić information content (AvgIpc) is 2.90. The summed E-state index contributed by atoms with van der Waals surface area (Å²) in [5.74, 6) is 0.533. The lowest BCUT2D eigenvalue weighted by molar-refractivity contribution is -0.157. The summed E-state index contributed by atoms with van der Waals surface area (Å²) in [4.78, 5) is 16.5. The minimum absolute atomic E-state index is 0.0122. The molecule has 2 aromatic carbocycles. The van der Waals surface area contributed by atoms with Gasteiger partial charge in [-0.2, -0.15) is 4.31 Å². The molecule has 1 aromatic heterocycles. The van der Waals surface area contributed by atoms with Crippen LogP contribution in [-0.2, 0) is 26.0 Å². The second-order valence-corrected chi connectivity index (χ2v) is 13.2. The van der Waals surface area contributed by atoms with Crippen molar-refractivity contribution in [1.29, 1.82) is 0 Å². The van der Waals surface area contributed by atoms with Crippen LogP contribution >= 0.6 is 0 Å². The van der Waals surface area contributed by atoms with Gasteiger partial charge in [0.25, 0.3) is 10.0 Å². The lowest BCUT2D eigenvalue weighted by Gasteiger charge is -2.33. The first-order valence-corrected chi connectivity index (χ1v) is 14.8. The van der Waals surface area contributed by atoms with Gasteiger partial charge in [-0.15, -0.1) is 0 Å². The Morgan fingerprint density at radius 2 is 1.82 bits per heavy atom. The highest BCUT2D eigenvalue weighted by atomic mass is 32.2. The van der Waals surface area contributed by atoms with E-state index in [1.807, 2.05) is 57.2 Å². The van der Waals surface area contributed by atoms with Gasteiger partial charge < -0.3 is 9.47 Å². The van der Waals surface area contributed by atoms with Gasteiger partial charge in [0.1, 0.15) is 11.4 Å². The highest BCUT2D eigenvalue weighted by Gasteiger charge is 2.34. The van der Waals surface area contributed by atoms with E-state index in [4.69, 9.17) is 9.47 Å². The van der Waals surface area contributed by atoms with E-state index in [1.54, 1.807) is 19.3 Å². The van der Waals surface area contributed by atoms with Crippen molar-refractivity contribution in [1.82, 2.24) is 9.29 Å². The zero-order chi connectivity index (χ0) is 28.4. The second-order valence-electron chi connectivity index (χ2n) is 11.3. The fraction of sp³-hybridized carbons (Fsp3) is 0.419. The van der Waals surface area contributed by atoms with Gasteiger partial charge in [-0.25, -0.2) is 18.2 Å².